The first-order valence-corrected chi connectivity index (χ1v) is 9.91. The highest BCUT2D eigenvalue weighted by molar-refractivity contribution is 7.14. The molecule has 4 heterocycles. The Labute approximate surface area is 160 Å². The maximum atomic E-state index is 13.3. The first kappa shape index (κ1) is 16.2. The molecule has 1 aliphatic rings. The Morgan fingerprint density at radius 1 is 1.04 bits per heavy atom. The summed E-state index contributed by atoms with van der Waals surface area (Å²) in [7, 11) is 0. The van der Waals surface area contributed by atoms with Crippen LogP contribution in [-0.2, 0) is 0 Å². The van der Waals surface area contributed by atoms with Crippen LogP contribution in [0.5, 0.6) is 0 Å². The van der Waals surface area contributed by atoms with Crippen LogP contribution < -0.4 is 4.90 Å². The summed E-state index contributed by atoms with van der Waals surface area (Å²) in [6.07, 6.45) is 3.57. The lowest BCUT2D eigenvalue weighted by Crippen LogP contribution is -2.48. The fraction of sp³-hybridized carbons (Fsp3) is 0.190. The number of rotatable bonds is 3. The minimum Gasteiger partial charge on any atom is -0.464 e. The third kappa shape index (κ3) is 2.82. The van der Waals surface area contributed by atoms with Gasteiger partial charge in [0.2, 0.25) is 0 Å². The number of benzene rings is 1. The van der Waals surface area contributed by atoms with Gasteiger partial charge in [-0.25, -0.2) is 0 Å². The molecule has 1 fully saturated rings. The molecule has 0 aliphatic carbocycles. The van der Waals surface area contributed by atoms with Gasteiger partial charge in [0, 0.05) is 54.4 Å². The van der Waals surface area contributed by atoms with Gasteiger partial charge in [0.25, 0.3) is 5.91 Å². The van der Waals surface area contributed by atoms with Crippen LogP contribution in [-0.4, -0.2) is 42.0 Å². The number of H-pyrrole nitrogens is 1. The van der Waals surface area contributed by atoms with Crippen molar-refractivity contribution < 1.29 is 9.21 Å². The fourth-order valence-electron chi connectivity index (χ4n) is 3.74. The second-order valence-electron chi connectivity index (χ2n) is 6.64. The molecule has 0 radical (unpaired) electrons. The van der Waals surface area contributed by atoms with E-state index in [1.165, 1.54) is 5.00 Å². The molecule has 5 rings (SSSR count). The Kier molecular flexibility index (Phi) is 3.98. The first-order chi connectivity index (χ1) is 13.3. The van der Waals surface area contributed by atoms with E-state index in [2.05, 4.69) is 27.4 Å². The predicted molar refractivity (Wildman–Crippen MR) is 108 cm³/mol. The number of hydrogen-bond donors (Lipinski definition) is 1. The van der Waals surface area contributed by atoms with Crippen molar-refractivity contribution in [3.05, 3.63) is 65.9 Å². The Hall–Kier alpha value is -2.99. The van der Waals surface area contributed by atoms with Gasteiger partial charge in [-0.05, 0) is 41.8 Å². The number of aromatic amines is 1. The third-order valence-electron chi connectivity index (χ3n) is 5.11. The van der Waals surface area contributed by atoms with E-state index in [1.54, 1.807) is 17.6 Å². The van der Waals surface area contributed by atoms with E-state index in [4.69, 9.17) is 4.42 Å². The van der Waals surface area contributed by atoms with Crippen molar-refractivity contribution in [3.63, 3.8) is 0 Å². The highest BCUT2D eigenvalue weighted by Crippen LogP contribution is 2.32. The van der Waals surface area contributed by atoms with E-state index in [1.807, 2.05) is 41.4 Å². The molecule has 1 aliphatic heterocycles. The van der Waals surface area contributed by atoms with Crippen LogP contribution in [0.1, 0.15) is 10.4 Å². The van der Waals surface area contributed by atoms with Crippen molar-refractivity contribution >= 4 is 33.1 Å². The Balaban J connectivity index is 1.44. The van der Waals surface area contributed by atoms with Crippen LogP contribution in [0.3, 0.4) is 0 Å². The molecule has 5 nitrogen and oxygen atoms in total. The second-order valence-corrected chi connectivity index (χ2v) is 7.56. The van der Waals surface area contributed by atoms with Crippen LogP contribution >= 0.6 is 11.3 Å². The maximum absolute atomic E-state index is 13.3. The molecule has 27 heavy (non-hydrogen) atoms. The molecule has 1 saturated heterocycles. The molecule has 0 spiro atoms. The van der Waals surface area contributed by atoms with Gasteiger partial charge in [0.15, 0.2) is 0 Å². The van der Waals surface area contributed by atoms with Gasteiger partial charge in [-0.1, -0.05) is 6.07 Å². The lowest BCUT2D eigenvalue weighted by atomic mass is 10.0. The van der Waals surface area contributed by atoms with Crippen molar-refractivity contribution in [3.8, 4) is 11.3 Å². The Morgan fingerprint density at radius 3 is 2.67 bits per heavy atom. The van der Waals surface area contributed by atoms with Crippen LogP contribution in [0.25, 0.3) is 22.2 Å². The van der Waals surface area contributed by atoms with Crippen molar-refractivity contribution in [1.29, 1.82) is 0 Å². The van der Waals surface area contributed by atoms with Gasteiger partial charge in [-0.15, -0.1) is 11.3 Å². The van der Waals surface area contributed by atoms with Gasteiger partial charge in [-0.2, -0.15) is 0 Å². The zero-order chi connectivity index (χ0) is 18.2. The predicted octanol–water partition coefficient (Wildman–Crippen LogP) is 4.45. The van der Waals surface area contributed by atoms with E-state index in [9.17, 15) is 4.79 Å². The number of carbonyl (C=O) groups excluding carboxylic acids is 1. The average Bonchev–Trinajstić information content (AvgIpc) is 3.48. The SMILES string of the molecule is O=C(c1cccc2[nH]cc(-c3ccco3)c12)N1CCN(c2cccs2)CC1. The molecule has 0 unspecified atom stereocenters. The normalized spacial score (nSPS) is 14.8. The molecule has 4 aromatic rings. The first-order valence-electron chi connectivity index (χ1n) is 9.03. The summed E-state index contributed by atoms with van der Waals surface area (Å²) in [5.41, 5.74) is 2.60. The molecule has 0 atom stereocenters. The van der Waals surface area contributed by atoms with Crippen molar-refractivity contribution in [1.82, 2.24) is 9.88 Å². The summed E-state index contributed by atoms with van der Waals surface area (Å²) >= 11 is 1.75. The number of thiophene rings is 1. The van der Waals surface area contributed by atoms with Gasteiger partial charge in [-0.3, -0.25) is 4.79 Å². The molecule has 6 heteroatoms. The molecule has 136 valence electrons. The monoisotopic (exact) mass is 377 g/mol. The third-order valence-corrected chi connectivity index (χ3v) is 6.04. The molecule has 3 aromatic heterocycles. The van der Waals surface area contributed by atoms with E-state index < -0.39 is 0 Å². The summed E-state index contributed by atoms with van der Waals surface area (Å²) in [6.45, 7) is 3.18. The van der Waals surface area contributed by atoms with Gasteiger partial charge in [0.1, 0.15) is 5.76 Å². The zero-order valence-corrected chi connectivity index (χ0v) is 15.5. The van der Waals surface area contributed by atoms with E-state index >= 15 is 0 Å². The number of hydrogen-bond acceptors (Lipinski definition) is 4. The van der Waals surface area contributed by atoms with E-state index in [0.29, 0.717) is 0 Å². The van der Waals surface area contributed by atoms with Gasteiger partial charge >= 0.3 is 0 Å². The van der Waals surface area contributed by atoms with Gasteiger partial charge < -0.3 is 19.2 Å². The number of furan rings is 1. The topological polar surface area (TPSA) is 52.5 Å². The largest absolute Gasteiger partial charge is 0.464 e. The fourth-order valence-corrected chi connectivity index (χ4v) is 4.52. The summed E-state index contributed by atoms with van der Waals surface area (Å²) < 4.78 is 5.57. The average molecular weight is 377 g/mol. The summed E-state index contributed by atoms with van der Waals surface area (Å²) in [5, 5.41) is 4.29. The van der Waals surface area contributed by atoms with E-state index in [-0.39, 0.29) is 5.91 Å². The molecule has 1 N–H and O–H groups in total. The highest BCUT2D eigenvalue weighted by atomic mass is 32.1. The lowest BCUT2D eigenvalue weighted by Gasteiger charge is -2.35. The van der Waals surface area contributed by atoms with Crippen LogP contribution in [0.15, 0.2) is 64.7 Å². The smallest absolute Gasteiger partial charge is 0.254 e. The Bertz CT molecular complexity index is 1060. The summed E-state index contributed by atoms with van der Waals surface area (Å²) in [6, 6.07) is 13.8. The quantitative estimate of drug-likeness (QED) is 0.574. The highest BCUT2D eigenvalue weighted by Gasteiger charge is 2.25. The Morgan fingerprint density at radius 2 is 1.93 bits per heavy atom. The van der Waals surface area contributed by atoms with E-state index in [0.717, 1.165) is 54.0 Å². The zero-order valence-electron chi connectivity index (χ0n) is 14.7. The van der Waals surface area contributed by atoms with Crippen molar-refractivity contribution in [2.45, 2.75) is 0 Å². The van der Waals surface area contributed by atoms with Crippen LogP contribution in [0.2, 0.25) is 0 Å². The number of carbonyl (C=O) groups is 1. The number of fused-ring (bicyclic) bond motifs is 1. The van der Waals surface area contributed by atoms with Gasteiger partial charge in [0.05, 0.1) is 11.3 Å². The number of nitrogens with zero attached hydrogens (tertiary/aromatic N) is 2. The molecular weight excluding hydrogens is 358 g/mol. The molecule has 1 aromatic carbocycles. The minimum absolute atomic E-state index is 0.0823. The van der Waals surface area contributed by atoms with Crippen molar-refractivity contribution in [2.75, 3.05) is 31.1 Å². The molecular formula is C21H19N3O2S. The van der Waals surface area contributed by atoms with Crippen molar-refractivity contribution in [2.24, 2.45) is 0 Å². The summed E-state index contributed by atoms with van der Waals surface area (Å²) in [4.78, 5) is 20.9. The molecule has 0 saturated carbocycles. The molecule has 1 amide bonds. The number of nitrogens with one attached hydrogen (secondary N) is 1. The lowest BCUT2D eigenvalue weighted by molar-refractivity contribution is 0.0749. The van der Waals surface area contributed by atoms with Crippen LogP contribution in [0.4, 0.5) is 5.00 Å². The number of amides is 1. The molecule has 0 bridgehead atoms. The number of aromatic nitrogens is 1. The maximum Gasteiger partial charge on any atom is 0.254 e. The second kappa shape index (κ2) is 6.63. The summed E-state index contributed by atoms with van der Waals surface area (Å²) in [5.74, 6) is 0.850. The minimum atomic E-state index is 0.0823. The number of anilines is 1. The van der Waals surface area contributed by atoms with Crippen LogP contribution in [0, 0.1) is 0 Å². The number of piperazine rings is 1. The standard InChI is InChI=1S/C21H19N3O2S/c25-21(24-10-8-23(9-11-24)19-7-3-13-27-19)15-4-1-5-17-20(15)16(14-22-17)18-6-2-12-26-18/h1-7,12-14,22H,8-11H2.